The second-order valence-corrected chi connectivity index (χ2v) is 8.34. The Morgan fingerprint density at radius 1 is 1.43 bits per heavy atom. The van der Waals surface area contributed by atoms with Crippen LogP contribution in [0.2, 0.25) is 0 Å². The van der Waals surface area contributed by atoms with E-state index in [9.17, 15) is 9.00 Å². The van der Waals surface area contributed by atoms with Gasteiger partial charge in [-0.2, -0.15) is 11.3 Å². The third-order valence-corrected chi connectivity index (χ3v) is 5.47. The van der Waals surface area contributed by atoms with Gasteiger partial charge in [0.05, 0.1) is 6.04 Å². The highest BCUT2D eigenvalue weighted by Crippen LogP contribution is 2.31. The molecule has 0 aliphatic carbocycles. The van der Waals surface area contributed by atoms with Gasteiger partial charge in [-0.15, -0.1) is 0 Å². The van der Waals surface area contributed by atoms with Gasteiger partial charge in [0.1, 0.15) is 6.17 Å². The molecular formula is C15H24N2O2S2. The first-order valence-electron chi connectivity index (χ1n) is 7.32. The Hall–Kier alpha value is -0.720. The molecule has 1 aromatic heterocycles. The predicted octanol–water partition coefficient (Wildman–Crippen LogP) is 2.36. The van der Waals surface area contributed by atoms with E-state index < -0.39 is 10.8 Å². The molecular weight excluding hydrogens is 304 g/mol. The van der Waals surface area contributed by atoms with E-state index in [1.165, 1.54) is 0 Å². The summed E-state index contributed by atoms with van der Waals surface area (Å²) in [5.74, 6) is 1.06. The minimum atomic E-state index is -0.819. The van der Waals surface area contributed by atoms with E-state index in [4.69, 9.17) is 0 Å². The zero-order chi connectivity index (χ0) is 15.6. The summed E-state index contributed by atoms with van der Waals surface area (Å²) in [6.45, 7) is 6.18. The van der Waals surface area contributed by atoms with Gasteiger partial charge in [-0.05, 0) is 41.7 Å². The molecule has 0 radical (unpaired) electrons. The van der Waals surface area contributed by atoms with Crippen molar-refractivity contribution in [2.24, 2.45) is 5.92 Å². The number of carbonyl (C=O) groups is 1. The van der Waals surface area contributed by atoms with E-state index in [-0.39, 0.29) is 30.1 Å². The smallest absolute Gasteiger partial charge is 0.241 e. The zero-order valence-electron chi connectivity index (χ0n) is 13.0. The summed E-state index contributed by atoms with van der Waals surface area (Å²) in [5.41, 5.74) is 1.14. The van der Waals surface area contributed by atoms with Crippen molar-refractivity contribution in [1.82, 2.24) is 10.2 Å². The van der Waals surface area contributed by atoms with Gasteiger partial charge in [-0.25, -0.2) is 0 Å². The van der Waals surface area contributed by atoms with E-state index in [2.05, 4.69) is 37.5 Å². The summed E-state index contributed by atoms with van der Waals surface area (Å²) < 4.78 is 11.3. The summed E-state index contributed by atoms with van der Waals surface area (Å²) in [4.78, 5) is 14.7. The van der Waals surface area contributed by atoms with Crippen molar-refractivity contribution < 1.29 is 9.00 Å². The Labute approximate surface area is 133 Å². The molecule has 1 aromatic rings. The van der Waals surface area contributed by atoms with Gasteiger partial charge >= 0.3 is 0 Å². The minimum absolute atomic E-state index is 0.0589. The minimum Gasteiger partial charge on any atom is -0.319 e. The lowest BCUT2D eigenvalue weighted by molar-refractivity contribution is -0.132. The monoisotopic (exact) mass is 328 g/mol. The summed E-state index contributed by atoms with van der Waals surface area (Å²) in [7, 11) is -0.819. The first-order valence-corrected chi connectivity index (χ1v) is 9.99. The molecule has 6 heteroatoms. The number of nitrogens with one attached hydrogen (secondary N) is 1. The molecule has 4 atom stereocenters. The van der Waals surface area contributed by atoms with Crippen LogP contribution < -0.4 is 5.32 Å². The first kappa shape index (κ1) is 16.6. The lowest BCUT2D eigenvalue weighted by Gasteiger charge is -2.30. The van der Waals surface area contributed by atoms with Gasteiger partial charge in [-0.3, -0.25) is 14.3 Å². The van der Waals surface area contributed by atoms with E-state index >= 15 is 0 Å². The number of hydrogen-bond acceptors (Lipinski definition) is 4. The molecule has 21 heavy (non-hydrogen) atoms. The van der Waals surface area contributed by atoms with Crippen LogP contribution >= 0.6 is 11.3 Å². The molecule has 0 aromatic carbocycles. The normalized spacial score (nSPS) is 25.6. The van der Waals surface area contributed by atoms with Gasteiger partial charge in [0.25, 0.3) is 0 Å². The molecule has 1 N–H and O–H groups in total. The van der Waals surface area contributed by atoms with Gasteiger partial charge < -0.3 is 4.90 Å². The lowest BCUT2D eigenvalue weighted by atomic mass is 10.0. The molecule has 4 nitrogen and oxygen atoms in total. The van der Waals surface area contributed by atoms with Crippen LogP contribution in [0.25, 0.3) is 0 Å². The summed E-state index contributed by atoms with van der Waals surface area (Å²) in [5, 5.41) is 7.59. The molecule has 2 rings (SSSR count). The summed E-state index contributed by atoms with van der Waals surface area (Å²) >= 11 is 1.64. The van der Waals surface area contributed by atoms with Crippen LogP contribution in [0, 0.1) is 5.92 Å². The largest absolute Gasteiger partial charge is 0.319 e. The maximum atomic E-state index is 12.7. The number of nitrogens with zero attached hydrogens (tertiary/aromatic N) is 1. The molecule has 0 spiro atoms. The Bertz CT molecular complexity index is 502. The van der Waals surface area contributed by atoms with E-state index in [0.717, 1.165) is 12.0 Å². The van der Waals surface area contributed by atoms with Crippen LogP contribution in [0.1, 0.15) is 38.9 Å². The van der Waals surface area contributed by atoms with Gasteiger partial charge in [-0.1, -0.05) is 13.8 Å². The van der Waals surface area contributed by atoms with Crippen LogP contribution in [-0.4, -0.2) is 39.1 Å². The maximum absolute atomic E-state index is 12.7. The SMILES string of the molecule is CC(C)C1NC(c2ccsc2)N(C(C)CCS(C)=O)C1=O. The lowest BCUT2D eigenvalue weighted by Crippen LogP contribution is -2.39. The Morgan fingerprint density at radius 3 is 2.67 bits per heavy atom. The highest BCUT2D eigenvalue weighted by Gasteiger charge is 2.43. The maximum Gasteiger partial charge on any atom is 0.241 e. The predicted molar refractivity (Wildman–Crippen MR) is 88.7 cm³/mol. The highest BCUT2D eigenvalue weighted by atomic mass is 32.2. The Kier molecular flexibility index (Phi) is 5.57. The average molecular weight is 329 g/mol. The van der Waals surface area contributed by atoms with Gasteiger partial charge in [0.2, 0.25) is 5.91 Å². The molecule has 118 valence electrons. The Morgan fingerprint density at radius 2 is 2.14 bits per heavy atom. The standard InChI is InChI=1S/C15H24N2O2S2/c1-10(2)13-15(18)17(11(3)6-8-21(4)19)14(16-13)12-5-7-20-9-12/h5,7,9-11,13-14,16H,6,8H2,1-4H3. The number of hydrogen-bond donors (Lipinski definition) is 1. The summed E-state index contributed by atoms with van der Waals surface area (Å²) in [6.07, 6.45) is 2.42. The van der Waals surface area contributed by atoms with Crippen LogP contribution in [0.3, 0.4) is 0 Å². The third-order valence-electron chi connectivity index (χ3n) is 3.96. The van der Waals surface area contributed by atoms with Crippen molar-refractivity contribution in [1.29, 1.82) is 0 Å². The van der Waals surface area contributed by atoms with Gasteiger partial charge in [0, 0.05) is 28.9 Å². The number of carbonyl (C=O) groups excluding carboxylic acids is 1. The molecule has 2 heterocycles. The van der Waals surface area contributed by atoms with Crippen LogP contribution in [0.4, 0.5) is 0 Å². The van der Waals surface area contributed by atoms with Crippen molar-refractivity contribution in [2.45, 2.75) is 45.4 Å². The number of rotatable bonds is 6. The first-order chi connectivity index (χ1) is 9.91. The molecule has 4 unspecified atom stereocenters. The Balaban J connectivity index is 2.20. The molecule has 1 amide bonds. The van der Waals surface area contributed by atoms with E-state index in [0.29, 0.717) is 5.75 Å². The molecule has 0 saturated carbocycles. The van der Waals surface area contributed by atoms with Crippen LogP contribution in [-0.2, 0) is 15.6 Å². The van der Waals surface area contributed by atoms with Crippen LogP contribution in [0.15, 0.2) is 16.8 Å². The van der Waals surface area contributed by atoms with Gasteiger partial charge in [0.15, 0.2) is 0 Å². The second-order valence-electron chi connectivity index (χ2n) is 6.01. The van der Waals surface area contributed by atoms with Crippen molar-refractivity contribution in [3.05, 3.63) is 22.4 Å². The fourth-order valence-electron chi connectivity index (χ4n) is 2.72. The van der Waals surface area contributed by atoms with Crippen molar-refractivity contribution >= 4 is 28.0 Å². The number of amides is 1. The van der Waals surface area contributed by atoms with E-state index in [1.807, 2.05) is 10.3 Å². The molecule has 0 bridgehead atoms. The fourth-order valence-corrected chi connectivity index (χ4v) is 4.07. The topological polar surface area (TPSA) is 49.4 Å². The molecule has 1 aliphatic rings. The van der Waals surface area contributed by atoms with E-state index in [1.54, 1.807) is 17.6 Å². The fraction of sp³-hybridized carbons (Fsp3) is 0.667. The van der Waals surface area contributed by atoms with Crippen LogP contribution in [0.5, 0.6) is 0 Å². The quantitative estimate of drug-likeness (QED) is 0.872. The second kappa shape index (κ2) is 7.03. The highest BCUT2D eigenvalue weighted by molar-refractivity contribution is 7.84. The van der Waals surface area contributed by atoms with Crippen molar-refractivity contribution in [3.63, 3.8) is 0 Å². The van der Waals surface area contributed by atoms with Crippen molar-refractivity contribution in [2.75, 3.05) is 12.0 Å². The van der Waals surface area contributed by atoms with Crippen molar-refractivity contribution in [3.8, 4) is 0 Å². The molecule has 1 saturated heterocycles. The summed E-state index contributed by atoms with van der Waals surface area (Å²) in [6, 6.07) is 2.02. The average Bonchev–Trinajstić information content (AvgIpc) is 3.02. The molecule has 1 aliphatic heterocycles. The zero-order valence-corrected chi connectivity index (χ0v) is 14.7. The molecule has 1 fully saturated rings. The third kappa shape index (κ3) is 3.73. The number of thiophene rings is 1.